The molecule has 2 heteroatoms. The van der Waals surface area contributed by atoms with E-state index in [9.17, 15) is 0 Å². The van der Waals surface area contributed by atoms with Gasteiger partial charge in [-0.3, -0.25) is 4.90 Å². The predicted molar refractivity (Wildman–Crippen MR) is 75.1 cm³/mol. The molecule has 0 bridgehead atoms. The van der Waals surface area contributed by atoms with E-state index in [0.717, 1.165) is 6.54 Å². The Hall–Kier alpha value is -0.860. The van der Waals surface area contributed by atoms with Crippen molar-refractivity contribution in [3.63, 3.8) is 0 Å². The molecule has 0 amide bonds. The largest absolute Gasteiger partial charge is 0.329 e. The lowest BCUT2D eigenvalue weighted by molar-refractivity contribution is 0.175. The quantitative estimate of drug-likeness (QED) is 0.868. The number of rotatable bonds is 4. The molecule has 1 atom stereocenters. The van der Waals surface area contributed by atoms with Gasteiger partial charge < -0.3 is 5.73 Å². The number of aryl methyl sites for hydroxylation is 1. The zero-order chi connectivity index (χ0) is 13.1. The lowest BCUT2D eigenvalue weighted by Gasteiger charge is -2.33. The molecule has 0 saturated heterocycles. The Morgan fingerprint density at radius 3 is 2.41 bits per heavy atom. The summed E-state index contributed by atoms with van der Waals surface area (Å²) in [6.45, 7) is 10.6. The summed E-state index contributed by atoms with van der Waals surface area (Å²) < 4.78 is 0. The molecule has 1 unspecified atom stereocenters. The van der Waals surface area contributed by atoms with Gasteiger partial charge in [0, 0.05) is 19.1 Å². The van der Waals surface area contributed by atoms with Crippen LogP contribution in [0.25, 0.3) is 0 Å². The molecular weight excluding hydrogens is 208 g/mol. The van der Waals surface area contributed by atoms with Gasteiger partial charge in [0.05, 0.1) is 0 Å². The van der Waals surface area contributed by atoms with Gasteiger partial charge in [-0.05, 0) is 24.9 Å². The van der Waals surface area contributed by atoms with E-state index >= 15 is 0 Å². The Bertz CT molecular complexity index is 352. The van der Waals surface area contributed by atoms with Crippen LogP contribution in [0, 0.1) is 12.3 Å². The molecule has 1 aromatic rings. The van der Waals surface area contributed by atoms with Crippen LogP contribution in [0.15, 0.2) is 24.3 Å². The van der Waals surface area contributed by atoms with Crippen LogP contribution in [0.2, 0.25) is 0 Å². The summed E-state index contributed by atoms with van der Waals surface area (Å²) >= 11 is 0. The fraction of sp³-hybridized carbons (Fsp3) is 0.600. The minimum absolute atomic E-state index is 0.298. The van der Waals surface area contributed by atoms with E-state index in [2.05, 4.69) is 63.9 Å². The third kappa shape index (κ3) is 4.49. The molecule has 0 aliphatic carbocycles. The van der Waals surface area contributed by atoms with Crippen molar-refractivity contribution in [2.75, 3.05) is 20.1 Å². The Balaban J connectivity index is 2.84. The van der Waals surface area contributed by atoms with Gasteiger partial charge in [0.2, 0.25) is 0 Å². The fourth-order valence-corrected chi connectivity index (χ4v) is 2.31. The normalized spacial score (nSPS) is 14.1. The van der Waals surface area contributed by atoms with Crippen molar-refractivity contribution < 1.29 is 0 Å². The van der Waals surface area contributed by atoms with E-state index in [0.29, 0.717) is 18.0 Å². The topological polar surface area (TPSA) is 29.3 Å². The van der Waals surface area contributed by atoms with E-state index in [4.69, 9.17) is 5.73 Å². The minimum atomic E-state index is 0.298. The molecule has 0 radical (unpaired) electrons. The van der Waals surface area contributed by atoms with Crippen molar-refractivity contribution in [3.8, 4) is 0 Å². The van der Waals surface area contributed by atoms with Gasteiger partial charge in [0.15, 0.2) is 0 Å². The predicted octanol–water partition coefficient (Wildman–Crippen LogP) is 2.97. The molecule has 2 nitrogen and oxygen atoms in total. The van der Waals surface area contributed by atoms with Gasteiger partial charge in [-0.15, -0.1) is 0 Å². The molecule has 0 fully saturated rings. The molecule has 0 spiro atoms. The second-order valence-corrected chi connectivity index (χ2v) is 6.14. The third-order valence-electron chi connectivity index (χ3n) is 2.91. The summed E-state index contributed by atoms with van der Waals surface area (Å²) in [6.07, 6.45) is 0. The molecule has 0 saturated carbocycles. The van der Waals surface area contributed by atoms with Crippen LogP contribution in [-0.2, 0) is 0 Å². The Morgan fingerprint density at radius 2 is 1.94 bits per heavy atom. The van der Waals surface area contributed by atoms with Crippen LogP contribution in [0.3, 0.4) is 0 Å². The molecule has 96 valence electrons. The number of benzene rings is 1. The number of hydrogen-bond acceptors (Lipinski definition) is 2. The van der Waals surface area contributed by atoms with Gasteiger partial charge in [-0.1, -0.05) is 50.6 Å². The maximum Gasteiger partial charge on any atom is 0.0467 e. The average molecular weight is 234 g/mol. The number of nitrogens with two attached hydrogens (primary N) is 1. The summed E-state index contributed by atoms with van der Waals surface area (Å²) in [6, 6.07) is 8.95. The number of likely N-dealkylation sites (N-methyl/N-ethyl adjacent to an activating group) is 1. The van der Waals surface area contributed by atoms with Gasteiger partial charge >= 0.3 is 0 Å². The molecule has 0 aromatic heterocycles. The maximum atomic E-state index is 5.93. The summed E-state index contributed by atoms with van der Waals surface area (Å²) in [7, 11) is 2.16. The van der Waals surface area contributed by atoms with E-state index in [1.54, 1.807) is 0 Å². The smallest absolute Gasteiger partial charge is 0.0467 e. The summed E-state index contributed by atoms with van der Waals surface area (Å²) in [5, 5.41) is 0. The van der Waals surface area contributed by atoms with Crippen molar-refractivity contribution in [1.29, 1.82) is 0 Å². The molecule has 0 aliphatic rings. The van der Waals surface area contributed by atoms with Crippen molar-refractivity contribution >= 4 is 0 Å². The highest BCUT2D eigenvalue weighted by atomic mass is 15.1. The Kier molecular flexibility index (Phi) is 4.72. The second kappa shape index (κ2) is 5.65. The van der Waals surface area contributed by atoms with Crippen molar-refractivity contribution in [2.24, 2.45) is 11.1 Å². The average Bonchev–Trinajstić information content (AvgIpc) is 2.15. The first-order valence-electron chi connectivity index (χ1n) is 6.30. The Labute approximate surface area is 106 Å². The van der Waals surface area contributed by atoms with Crippen LogP contribution >= 0.6 is 0 Å². The molecule has 1 aromatic carbocycles. The Morgan fingerprint density at radius 1 is 1.29 bits per heavy atom. The van der Waals surface area contributed by atoms with Crippen LogP contribution in [0.4, 0.5) is 0 Å². The van der Waals surface area contributed by atoms with Crippen molar-refractivity contribution in [1.82, 2.24) is 4.90 Å². The second-order valence-electron chi connectivity index (χ2n) is 6.14. The molecule has 2 N–H and O–H groups in total. The highest BCUT2D eigenvalue weighted by Crippen LogP contribution is 2.23. The highest BCUT2D eigenvalue weighted by Gasteiger charge is 2.20. The third-order valence-corrected chi connectivity index (χ3v) is 2.91. The highest BCUT2D eigenvalue weighted by molar-refractivity contribution is 5.25. The van der Waals surface area contributed by atoms with Crippen molar-refractivity contribution in [3.05, 3.63) is 35.4 Å². The first-order valence-corrected chi connectivity index (χ1v) is 6.30. The summed E-state index contributed by atoms with van der Waals surface area (Å²) in [5.74, 6) is 0. The van der Waals surface area contributed by atoms with Crippen LogP contribution in [0.5, 0.6) is 0 Å². The van der Waals surface area contributed by atoms with E-state index < -0.39 is 0 Å². The van der Waals surface area contributed by atoms with E-state index in [1.165, 1.54) is 11.1 Å². The van der Waals surface area contributed by atoms with Crippen LogP contribution in [0.1, 0.15) is 37.9 Å². The summed E-state index contributed by atoms with van der Waals surface area (Å²) in [4.78, 5) is 2.36. The fourth-order valence-electron chi connectivity index (χ4n) is 2.31. The van der Waals surface area contributed by atoms with Crippen molar-refractivity contribution in [2.45, 2.75) is 33.7 Å². The van der Waals surface area contributed by atoms with E-state index in [1.807, 2.05) is 0 Å². The molecule has 1 rings (SSSR count). The number of nitrogens with zero attached hydrogens (tertiary/aromatic N) is 1. The molecular formula is C15H26N2. The molecule has 0 aliphatic heterocycles. The van der Waals surface area contributed by atoms with E-state index in [-0.39, 0.29) is 0 Å². The van der Waals surface area contributed by atoms with Gasteiger partial charge in [-0.2, -0.15) is 0 Å². The monoisotopic (exact) mass is 234 g/mol. The molecule has 17 heavy (non-hydrogen) atoms. The zero-order valence-corrected chi connectivity index (χ0v) is 11.8. The SMILES string of the molecule is Cc1cccc(C(CN)N(C)CC(C)(C)C)c1. The number of hydrogen-bond donors (Lipinski definition) is 1. The molecule has 0 heterocycles. The zero-order valence-electron chi connectivity index (χ0n) is 11.8. The van der Waals surface area contributed by atoms with Gasteiger partial charge in [0.1, 0.15) is 0 Å². The summed E-state index contributed by atoms with van der Waals surface area (Å²) in [5.41, 5.74) is 8.85. The van der Waals surface area contributed by atoms with Gasteiger partial charge in [0.25, 0.3) is 0 Å². The standard InChI is InChI=1S/C15H26N2/c1-12-7-6-8-13(9-12)14(10-16)17(5)11-15(2,3)4/h6-9,14H,10-11,16H2,1-5H3. The maximum absolute atomic E-state index is 5.93. The van der Waals surface area contributed by atoms with Crippen LogP contribution < -0.4 is 5.73 Å². The lowest BCUT2D eigenvalue weighted by atomic mass is 9.94. The first kappa shape index (κ1) is 14.2. The van der Waals surface area contributed by atoms with Crippen LogP contribution in [-0.4, -0.2) is 25.0 Å². The lowest BCUT2D eigenvalue weighted by Crippen LogP contribution is -2.36. The van der Waals surface area contributed by atoms with Gasteiger partial charge in [-0.25, -0.2) is 0 Å². The first-order chi connectivity index (χ1) is 7.83. The minimum Gasteiger partial charge on any atom is -0.329 e.